The molecule has 0 heterocycles. The molecule has 0 radical (unpaired) electrons. The van der Waals surface area contributed by atoms with Gasteiger partial charge < -0.3 is 19.4 Å². The Hall–Kier alpha value is -0.390. The van der Waals surface area contributed by atoms with Gasteiger partial charge in [-0.25, -0.2) is 9.05 Å². The zero-order valence-electron chi connectivity index (χ0n) is 12.7. The van der Waals surface area contributed by atoms with Crippen molar-refractivity contribution >= 4 is 21.2 Å². The van der Waals surface area contributed by atoms with E-state index in [0.717, 1.165) is 12.6 Å². The molecular formula is C13H26NO5P. The third-order valence-electron chi connectivity index (χ3n) is 3.13. The number of rotatable bonds is 12. The molecule has 0 saturated heterocycles. The average Bonchev–Trinajstić information content (AvgIpc) is 2.40. The highest BCUT2D eigenvalue weighted by atomic mass is 31.2. The molecule has 7 heteroatoms. The van der Waals surface area contributed by atoms with Crippen LogP contribution in [-0.4, -0.2) is 50.8 Å². The zero-order chi connectivity index (χ0) is 15.5. The molecule has 3 atom stereocenters. The molecule has 3 unspecified atom stereocenters. The lowest BCUT2D eigenvalue weighted by Crippen LogP contribution is -2.33. The first-order valence-corrected chi connectivity index (χ1v) is 8.11. The molecule has 0 aromatic rings. The first kappa shape index (κ1) is 19.6. The molecule has 0 aliphatic carbocycles. The molecule has 0 aliphatic rings. The molecule has 0 saturated carbocycles. The Kier molecular flexibility index (Phi) is 11.1. The predicted octanol–water partition coefficient (Wildman–Crippen LogP) is 0.719. The highest BCUT2D eigenvalue weighted by Gasteiger charge is 2.32. The van der Waals surface area contributed by atoms with Crippen LogP contribution in [0, 0.1) is 11.8 Å². The summed E-state index contributed by atoms with van der Waals surface area (Å²) in [5, 5.41) is 0. The summed E-state index contributed by atoms with van der Waals surface area (Å²) in [5.41, 5.74) is 0. The first-order chi connectivity index (χ1) is 9.49. The van der Waals surface area contributed by atoms with E-state index in [-0.39, 0.29) is 6.61 Å². The maximum absolute atomic E-state index is 11.8. The number of carbonyl (C=O) groups is 2. The minimum Gasteiger partial charge on any atom is -0.633 e. The van der Waals surface area contributed by atoms with Gasteiger partial charge in [-0.2, -0.15) is 0 Å². The molecule has 6 nitrogen and oxygen atoms in total. The van der Waals surface area contributed by atoms with E-state index in [1.54, 1.807) is 0 Å². The van der Waals surface area contributed by atoms with E-state index >= 15 is 0 Å². The van der Waals surface area contributed by atoms with Crippen molar-refractivity contribution in [2.24, 2.45) is 11.8 Å². The summed E-state index contributed by atoms with van der Waals surface area (Å²) in [6.07, 6.45) is 1.90. The van der Waals surface area contributed by atoms with E-state index in [1.165, 1.54) is 0 Å². The average molecular weight is 307 g/mol. The Morgan fingerprint density at radius 1 is 1.15 bits per heavy atom. The molecular weight excluding hydrogens is 281 g/mol. The summed E-state index contributed by atoms with van der Waals surface area (Å²) in [6.45, 7) is 4.57. The highest BCUT2D eigenvalue weighted by molar-refractivity contribution is 7.39. The second kappa shape index (κ2) is 11.3. The van der Waals surface area contributed by atoms with Crippen molar-refractivity contribution in [2.45, 2.75) is 32.8 Å². The number of carbonyl (C=O) groups excluding carboxylic acids is 2. The van der Waals surface area contributed by atoms with Gasteiger partial charge in [0.25, 0.3) is 0 Å². The fourth-order valence-electron chi connectivity index (χ4n) is 1.76. The minimum absolute atomic E-state index is 0.285. The lowest BCUT2D eigenvalue weighted by atomic mass is 9.89. The van der Waals surface area contributed by atoms with Crippen LogP contribution in [0.25, 0.3) is 0 Å². The van der Waals surface area contributed by atoms with E-state index in [9.17, 15) is 14.5 Å². The second-order valence-corrected chi connectivity index (χ2v) is 5.92. The summed E-state index contributed by atoms with van der Waals surface area (Å²) < 4.78 is 10.5. The van der Waals surface area contributed by atoms with Crippen molar-refractivity contribution in [3.63, 3.8) is 0 Å². The fourth-order valence-corrected chi connectivity index (χ4v) is 2.66. The SMILES string of the molecule is CCC(C=O)C(O[PH+]([O-])OCCN(C)C)C(C=O)CC. The van der Waals surface area contributed by atoms with E-state index in [2.05, 4.69) is 0 Å². The molecule has 20 heavy (non-hydrogen) atoms. The van der Waals surface area contributed by atoms with Crippen LogP contribution in [0.2, 0.25) is 0 Å². The summed E-state index contributed by atoms with van der Waals surface area (Å²) in [4.78, 5) is 35.8. The van der Waals surface area contributed by atoms with Crippen molar-refractivity contribution < 1.29 is 23.5 Å². The summed E-state index contributed by atoms with van der Waals surface area (Å²) in [5.74, 6) is -0.895. The maximum atomic E-state index is 11.8. The van der Waals surface area contributed by atoms with Crippen molar-refractivity contribution in [1.82, 2.24) is 4.90 Å². The molecule has 0 rings (SSSR count). The number of nitrogens with zero attached hydrogens (tertiary/aromatic N) is 1. The van der Waals surface area contributed by atoms with Gasteiger partial charge in [-0.3, -0.25) is 0 Å². The normalized spacial score (nSPS) is 17.5. The maximum Gasteiger partial charge on any atom is 0.225 e. The van der Waals surface area contributed by atoms with Crippen LogP contribution in [0.1, 0.15) is 26.7 Å². The molecule has 0 fully saturated rings. The van der Waals surface area contributed by atoms with Gasteiger partial charge in [0, 0.05) is 18.4 Å². The van der Waals surface area contributed by atoms with Gasteiger partial charge in [0.1, 0.15) is 25.3 Å². The monoisotopic (exact) mass is 307 g/mol. The van der Waals surface area contributed by atoms with E-state index < -0.39 is 26.5 Å². The smallest absolute Gasteiger partial charge is 0.225 e. The molecule has 0 amide bonds. The van der Waals surface area contributed by atoms with Gasteiger partial charge in [-0.15, -0.1) is 0 Å². The molecule has 0 bridgehead atoms. The summed E-state index contributed by atoms with van der Waals surface area (Å²) >= 11 is 0. The van der Waals surface area contributed by atoms with Crippen molar-refractivity contribution in [3.8, 4) is 0 Å². The van der Waals surface area contributed by atoms with E-state index in [1.807, 2.05) is 32.8 Å². The van der Waals surface area contributed by atoms with Gasteiger partial charge in [0.2, 0.25) is 8.60 Å². The van der Waals surface area contributed by atoms with Crippen molar-refractivity contribution in [1.29, 1.82) is 0 Å². The Bertz CT molecular complexity index is 261. The summed E-state index contributed by atoms with van der Waals surface area (Å²) in [6, 6.07) is 0. The molecule has 0 aliphatic heterocycles. The predicted molar refractivity (Wildman–Crippen MR) is 77.4 cm³/mol. The summed E-state index contributed by atoms with van der Waals surface area (Å²) in [7, 11) is 1.05. The van der Waals surface area contributed by atoms with Crippen molar-refractivity contribution in [2.75, 3.05) is 27.2 Å². The van der Waals surface area contributed by atoms with Crippen LogP contribution in [0.15, 0.2) is 0 Å². The lowest BCUT2D eigenvalue weighted by Gasteiger charge is -2.26. The second-order valence-electron chi connectivity index (χ2n) is 4.90. The third-order valence-corrected chi connectivity index (χ3v) is 4.03. The van der Waals surface area contributed by atoms with Crippen LogP contribution in [0.4, 0.5) is 0 Å². The lowest BCUT2D eigenvalue weighted by molar-refractivity contribution is -0.211. The van der Waals surface area contributed by atoms with E-state index in [0.29, 0.717) is 19.4 Å². The van der Waals surface area contributed by atoms with Crippen LogP contribution in [0.5, 0.6) is 0 Å². The Balaban J connectivity index is 4.54. The number of aldehydes is 2. The standard InChI is InChI=1S/C13H26NO5P/c1-5-11(9-15)13(12(6-2)10-16)19-20(17)18-8-7-14(3)4/h9-13,20H,5-8H2,1-4H3. The first-order valence-electron chi connectivity index (χ1n) is 6.88. The molecule has 0 aromatic heterocycles. The van der Waals surface area contributed by atoms with E-state index in [4.69, 9.17) is 9.05 Å². The van der Waals surface area contributed by atoms with Gasteiger partial charge in [-0.05, 0) is 26.9 Å². The Labute approximate surface area is 122 Å². The van der Waals surface area contributed by atoms with Crippen LogP contribution in [-0.2, 0) is 18.6 Å². The number of hydrogen-bond acceptors (Lipinski definition) is 6. The van der Waals surface area contributed by atoms with Crippen LogP contribution in [0.3, 0.4) is 0 Å². The number of likely N-dealkylation sites (N-methyl/N-ethyl adjacent to an activating group) is 1. The quantitative estimate of drug-likeness (QED) is 0.390. The highest BCUT2D eigenvalue weighted by Crippen LogP contribution is 2.35. The largest absolute Gasteiger partial charge is 0.633 e. The van der Waals surface area contributed by atoms with Gasteiger partial charge >= 0.3 is 0 Å². The fraction of sp³-hybridized carbons (Fsp3) is 0.846. The Morgan fingerprint density at radius 2 is 1.65 bits per heavy atom. The van der Waals surface area contributed by atoms with Gasteiger partial charge in [0.15, 0.2) is 0 Å². The number of hydrogen-bond donors (Lipinski definition) is 0. The molecule has 0 aromatic carbocycles. The molecule has 0 N–H and O–H groups in total. The minimum atomic E-state index is -2.71. The van der Waals surface area contributed by atoms with Crippen LogP contribution < -0.4 is 4.89 Å². The Morgan fingerprint density at radius 3 is 2.00 bits per heavy atom. The molecule has 118 valence electrons. The van der Waals surface area contributed by atoms with Crippen molar-refractivity contribution in [3.05, 3.63) is 0 Å². The van der Waals surface area contributed by atoms with Gasteiger partial charge in [0.05, 0.1) is 0 Å². The van der Waals surface area contributed by atoms with Crippen LogP contribution >= 0.6 is 8.60 Å². The molecule has 0 spiro atoms. The zero-order valence-corrected chi connectivity index (χ0v) is 13.7. The van der Waals surface area contributed by atoms with Gasteiger partial charge in [-0.1, -0.05) is 13.8 Å². The third kappa shape index (κ3) is 7.41. The topological polar surface area (TPSA) is 78.9 Å².